The molecule has 12 heteroatoms. The van der Waals surface area contributed by atoms with Gasteiger partial charge in [-0.1, -0.05) is 43.7 Å². The molecule has 0 bridgehead atoms. The van der Waals surface area contributed by atoms with E-state index >= 15 is 0 Å². The topological polar surface area (TPSA) is 104 Å². The number of pyridine rings is 2. The Balaban J connectivity index is 1.60. The van der Waals surface area contributed by atoms with Gasteiger partial charge in [0.25, 0.3) is 6.43 Å². The SMILES string of the molecule is Cc1nc(F)ccc1[C@H](Nc1cc(Cl)c2ncc(C#N)c(NCC(C)(C)C)c2c1)c1cn(C2(C(F)F)CC2)nn1. The van der Waals surface area contributed by atoms with Crippen molar-refractivity contribution in [2.75, 3.05) is 17.2 Å². The molecule has 0 saturated heterocycles. The molecular formula is C28H28ClF3N8. The minimum absolute atomic E-state index is 0.0663. The van der Waals surface area contributed by atoms with Crippen LogP contribution in [0.3, 0.4) is 0 Å². The van der Waals surface area contributed by atoms with Crippen LogP contribution in [0.15, 0.2) is 36.7 Å². The number of halogens is 4. The molecule has 3 heterocycles. The molecule has 8 nitrogen and oxygen atoms in total. The Morgan fingerprint density at radius 1 is 1.23 bits per heavy atom. The number of hydrogen-bond donors (Lipinski definition) is 2. The molecule has 1 atom stereocenters. The lowest BCUT2D eigenvalue weighted by Crippen LogP contribution is -2.26. The van der Waals surface area contributed by atoms with Gasteiger partial charge in [0, 0.05) is 35.1 Å². The van der Waals surface area contributed by atoms with Gasteiger partial charge >= 0.3 is 0 Å². The number of anilines is 2. The Labute approximate surface area is 234 Å². The molecule has 3 aromatic heterocycles. The van der Waals surface area contributed by atoms with Crippen LogP contribution in [0.4, 0.5) is 24.5 Å². The highest BCUT2D eigenvalue weighted by atomic mass is 35.5. The van der Waals surface area contributed by atoms with Crippen molar-refractivity contribution in [2.45, 2.75) is 58.5 Å². The third-order valence-electron chi connectivity index (χ3n) is 6.99. The maximum absolute atomic E-state index is 13.9. The van der Waals surface area contributed by atoms with Gasteiger partial charge < -0.3 is 10.6 Å². The predicted molar refractivity (Wildman–Crippen MR) is 147 cm³/mol. The van der Waals surface area contributed by atoms with Crippen LogP contribution in [-0.2, 0) is 5.54 Å². The van der Waals surface area contributed by atoms with Crippen LogP contribution < -0.4 is 10.6 Å². The Kier molecular flexibility index (Phi) is 7.08. The molecule has 0 amide bonds. The highest BCUT2D eigenvalue weighted by Crippen LogP contribution is 2.48. The molecule has 1 saturated carbocycles. The number of nitriles is 1. The van der Waals surface area contributed by atoms with E-state index in [9.17, 15) is 18.4 Å². The number of benzene rings is 1. The van der Waals surface area contributed by atoms with Crippen LogP contribution in [0.25, 0.3) is 10.9 Å². The van der Waals surface area contributed by atoms with Crippen LogP contribution in [0.1, 0.15) is 62.2 Å². The standard InChI is InChI=1S/C28H28ClF3N8/c1-15-18(5-6-22(30)36-15)25(21-13-40(39-38-21)28(7-8-28)26(31)32)37-17-9-19-23(35-14-27(2,3)4)16(11-33)12-34-24(19)20(29)10-17/h5-6,9-10,12-13,25-26,37H,7-8,14H2,1-4H3,(H,34,35)/t25-/m0/s1. The van der Waals surface area contributed by atoms with Crippen LogP contribution in [0.2, 0.25) is 5.02 Å². The quantitative estimate of drug-likeness (QED) is 0.230. The molecule has 1 aliphatic rings. The summed E-state index contributed by atoms with van der Waals surface area (Å²) >= 11 is 6.66. The van der Waals surface area contributed by atoms with Crippen LogP contribution in [0, 0.1) is 29.6 Å². The Bertz CT molecular complexity index is 1620. The second kappa shape index (κ2) is 10.2. The lowest BCUT2D eigenvalue weighted by Gasteiger charge is -2.23. The van der Waals surface area contributed by atoms with Crippen molar-refractivity contribution < 1.29 is 13.2 Å². The lowest BCUT2D eigenvalue weighted by molar-refractivity contribution is 0.0593. The number of aromatic nitrogens is 5. The van der Waals surface area contributed by atoms with E-state index in [-0.39, 0.29) is 5.41 Å². The lowest BCUT2D eigenvalue weighted by atomic mass is 9.96. The van der Waals surface area contributed by atoms with E-state index in [1.54, 1.807) is 19.1 Å². The first-order chi connectivity index (χ1) is 18.9. The van der Waals surface area contributed by atoms with Crippen molar-refractivity contribution in [1.29, 1.82) is 5.26 Å². The zero-order chi connectivity index (χ0) is 28.8. The third kappa shape index (κ3) is 5.28. The van der Waals surface area contributed by atoms with Crippen molar-refractivity contribution in [2.24, 2.45) is 5.41 Å². The van der Waals surface area contributed by atoms with Crippen LogP contribution >= 0.6 is 11.6 Å². The van der Waals surface area contributed by atoms with Gasteiger partial charge in [-0.25, -0.2) is 18.4 Å². The van der Waals surface area contributed by atoms with E-state index < -0.39 is 24.0 Å². The molecule has 1 aromatic carbocycles. The van der Waals surface area contributed by atoms with Crippen LogP contribution in [-0.4, -0.2) is 37.9 Å². The van der Waals surface area contributed by atoms with Gasteiger partial charge in [0.05, 0.1) is 34.0 Å². The Morgan fingerprint density at radius 3 is 2.60 bits per heavy atom. The summed E-state index contributed by atoms with van der Waals surface area (Å²) in [5, 5.41) is 25.7. The first-order valence-corrected chi connectivity index (χ1v) is 13.2. The first-order valence-electron chi connectivity index (χ1n) is 12.8. The highest BCUT2D eigenvalue weighted by Gasteiger charge is 2.54. The van der Waals surface area contributed by atoms with Gasteiger partial charge in [0.15, 0.2) is 0 Å². The van der Waals surface area contributed by atoms with Gasteiger partial charge in [-0.15, -0.1) is 5.10 Å². The summed E-state index contributed by atoms with van der Waals surface area (Å²) in [6.45, 7) is 8.47. The van der Waals surface area contributed by atoms with Crippen LogP contribution in [0.5, 0.6) is 0 Å². The van der Waals surface area contributed by atoms with Gasteiger partial charge in [-0.3, -0.25) is 4.98 Å². The number of nitrogens with one attached hydrogen (secondary N) is 2. The monoisotopic (exact) mass is 568 g/mol. The first kappa shape index (κ1) is 27.6. The highest BCUT2D eigenvalue weighted by molar-refractivity contribution is 6.35. The van der Waals surface area contributed by atoms with Crippen molar-refractivity contribution in [3.05, 3.63) is 70.1 Å². The van der Waals surface area contributed by atoms with E-state index in [1.807, 2.05) is 6.07 Å². The van der Waals surface area contributed by atoms with E-state index in [0.29, 0.717) is 69.2 Å². The second-order valence-corrected chi connectivity index (χ2v) is 11.7. The molecular weight excluding hydrogens is 541 g/mol. The smallest absolute Gasteiger partial charge is 0.263 e. The van der Waals surface area contributed by atoms with Gasteiger partial charge in [0.2, 0.25) is 5.95 Å². The number of fused-ring (bicyclic) bond motifs is 1. The predicted octanol–water partition coefficient (Wildman–Crippen LogP) is 6.61. The van der Waals surface area contributed by atoms with Crippen molar-refractivity contribution in [3.8, 4) is 6.07 Å². The van der Waals surface area contributed by atoms with Gasteiger partial charge in [-0.05, 0) is 43.4 Å². The zero-order valence-corrected chi connectivity index (χ0v) is 23.2. The van der Waals surface area contributed by atoms with Gasteiger partial charge in [0.1, 0.15) is 17.3 Å². The number of alkyl halides is 2. The minimum atomic E-state index is -2.58. The normalized spacial score (nSPS) is 15.2. The average molecular weight is 569 g/mol. The molecule has 4 aromatic rings. The molecule has 208 valence electrons. The average Bonchev–Trinajstić information content (AvgIpc) is 3.56. The summed E-state index contributed by atoms with van der Waals surface area (Å²) in [5.74, 6) is -0.642. The summed E-state index contributed by atoms with van der Waals surface area (Å²) < 4.78 is 42.7. The van der Waals surface area contributed by atoms with Crippen molar-refractivity contribution in [1.82, 2.24) is 25.0 Å². The molecule has 0 spiro atoms. The molecule has 1 aliphatic carbocycles. The maximum atomic E-state index is 13.9. The fourth-order valence-corrected chi connectivity index (χ4v) is 4.87. The van der Waals surface area contributed by atoms with Crippen molar-refractivity contribution in [3.63, 3.8) is 0 Å². The summed E-state index contributed by atoms with van der Waals surface area (Å²) in [6, 6.07) is 7.76. The number of rotatable bonds is 8. The summed E-state index contributed by atoms with van der Waals surface area (Å²) in [4.78, 5) is 8.35. The fourth-order valence-electron chi connectivity index (χ4n) is 4.60. The minimum Gasteiger partial charge on any atom is -0.383 e. The summed E-state index contributed by atoms with van der Waals surface area (Å²) in [7, 11) is 0. The fraction of sp³-hybridized carbons (Fsp3) is 0.393. The second-order valence-electron chi connectivity index (χ2n) is 11.3. The summed E-state index contributed by atoms with van der Waals surface area (Å²) in [5.41, 5.74) is 1.94. The van der Waals surface area contributed by atoms with E-state index in [2.05, 4.69) is 57.8 Å². The molecule has 0 aliphatic heterocycles. The number of nitrogens with zero attached hydrogens (tertiary/aromatic N) is 6. The zero-order valence-electron chi connectivity index (χ0n) is 22.4. The molecule has 5 rings (SSSR count). The number of hydrogen-bond acceptors (Lipinski definition) is 7. The molecule has 1 fully saturated rings. The molecule has 2 N–H and O–H groups in total. The van der Waals surface area contributed by atoms with E-state index in [4.69, 9.17) is 11.6 Å². The van der Waals surface area contributed by atoms with Gasteiger partial charge in [-0.2, -0.15) is 9.65 Å². The van der Waals surface area contributed by atoms with E-state index in [1.165, 1.54) is 23.1 Å². The molecule has 0 unspecified atom stereocenters. The largest absolute Gasteiger partial charge is 0.383 e. The number of aryl methyl sites for hydroxylation is 1. The Hall–Kier alpha value is -3.91. The van der Waals surface area contributed by atoms with E-state index in [0.717, 1.165) is 0 Å². The maximum Gasteiger partial charge on any atom is 0.263 e. The molecule has 0 radical (unpaired) electrons. The molecule has 40 heavy (non-hydrogen) atoms. The summed E-state index contributed by atoms with van der Waals surface area (Å²) in [6.07, 6.45) is 1.01. The third-order valence-corrected chi connectivity index (χ3v) is 7.28. The van der Waals surface area contributed by atoms with Crippen molar-refractivity contribution >= 4 is 33.9 Å². The Morgan fingerprint density at radius 2 is 1.98 bits per heavy atom.